The molecule has 3 heteroatoms. The molecule has 0 spiro atoms. The monoisotopic (exact) mass is 219 g/mol. The van der Waals surface area contributed by atoms with Crippen LogP contribution in [-0.4, -0.2) is 15.8 Å². The Morgan fingerprint density at radius 2 is 2.38 bits per heavy atom. The fourth-order valence-corrected chi connectivity index (χ4v) is 2.28. The first-order valence-corrected chi connectivity index (χ1v) is 6.24. The standard InChI is InChI=1S/C13H21N3/c1-2-16-10-12(9-15-16)7-11-5-3-4-6-13(14)8-11/h8-10,13H,2-7,14H2,1H3. The van der Waals surface area contributed by atoms with Crippen LogP contribution in [0.15, 0.2) is 24.0 Å². The molecule has 1 aromatic heterocycles. The van der Waals surface area contributed by atoms with Gasteiger partial charge >= 0.3 is 0 Å². The largest absolute Gasteiger partial charge is 0.324 e. The number of hydrogen-bond donors (Lipinski definition) is 1. The van der Waals surface area contributed by atoms with Gasteiger partial charge < -0.3 is 5.73 Å². The van der Waals surface area contributed by atoms with Crippen LogP contribution in [0.3, 0.4) is 0 Å². The second-order valence-electron chi connectivity index (χ2n) is 4.62. The van der Waals surface area contributed by atoms with E-state index in [2.05, 4.69) is 24.3 Å². The SMILES string of the molecule is CCn1cc(CC2=CC(N)CCCC2)cn1. The first kappa shape index (κ1) is 11.4. The molecule has 0 radical (unpaired) electrons. The van der Waals surface area contributed by atoms with E-state index in [9.17, 15) is 0 Å². The van der Waals surface area contributed by atoms with E-state index >= 15 is 0 Å². The van der Waals surface area contributed by atoms with Crippen LogP contribution >= 0.6 is 0 Å². The van der Waals surface area contributed by atoms with Gasteiger partial charge in [0, 0.05) is 18.8 Å². The molecular weight excluding hydrogens is 198 g/mol. The zero-order valence-electron chi connectivity index (χ0n) is 10.0. The van der Waals surface area contributed by atoms with Gasteiger partial charge in [-0.05, 0) is 38.2 Å². The van der Waals surface area contributed by atoms with Crippen LogP contribution < -0.4 is 5.73 Å². The Morgan fingerprint density at radius 3 is 3.12 bits per heavy atom. The van der Waals surface area contributed by atoms with Crippen molar-refractivity contribution < 1.29 is 0 Å². The average molecular weight is 219 g/mol. The fourth-order valence-electron chi connectivity index (χ4n) is 2.28. The van der Waals surface area contributed by atoms with Crippen LogP contribution in [0.1, 0.15) is 38.2 Å². The first-order valence-electron chi connectivity index (χ1n) is 6.24. The van der Waals surface area contributed by atoms with Crippen molar-refractivity contribution in [3.8, 4) is 0 Å². The summed E-state index contributed by atoms with van der Waals surface area (Å²) in [5.41, 5.74) is 8.81. The lowest BCUT2D eigenvalue weighted by Crippen LogP contribution is -2.16. The number of rotatable bonds is 3. The van der Waals surface area contributed by atoms with E-state index in [1.807, 2.05) is 10.9 Å². The number of aromatic nitrogens is 2. The second kappa shape index (κ2) is 5.30. The molecule has 1 aromatic rings. The fraction of sp³-hybridized carbons (Fsp3) is 0.615. The maximum atomic E-state index is 6.01. The molecule has 0 bridgehead atoms. The third kappa shape index (κ3) is 2.95. The summed E-state index contributed by atoms with van der Waals surface area (Å²) in [7, 11) is 0. The summed E-state index contributed by atoms with van der Waals surface area (Å²) in [5.74, 6) is 0. The van der Waals surface area contributed by atoms with E-state index in [1.54, 1.807) is 0 Å². The van der Waals surface area contributed by atoms with Crippen LogP contribution in [0.2, 0.25) is 0 Å². The summed E-state index contributed by atoms with van der Waals surface area (Å²) in [6.07, 6.45) is 12.3. The van der Waals surface area contributed by atoms with Gasteiger partial charge in [0.05, 0.1) is 6.20 Å². The van der Waals surface area contributed by atoms with Crippen molar-refractivity contribution in [2.45, 2.75) is 51.6 Å². The first-order chi connectivity index (χ1) is 7.78. The molecule has 1 aliphatic carbocycles. The molecule has 0 aliphatic heterocycles. The van der Waals surface area contributed by atoms with Crippen LogP contribution in [0.25, 0.3) is 0 Å². The zero-order chi connectivity index (χ0) is 11.4. The van der Waals surface area contributed by atoms with Gasteiger partial charge in [0.15, 0.2) is 0 Å². The molecule has 1 unspecified atom stereocenters. The minimum atomic E-state index is 0.263. The van der Waals surface area contributed by atoms with E-state index < -0.39 is 0 Å². The lowest BCUT2D eigenvalue weighted by atomic mass is 10.0. The Kier molecular flexibility index (Phi) is 3.78. The van der Waals surface area contributed by atoms with Crippen molar-refractivity contribution in [3.05, 3.63) is 29.6 Å². The Labute approximate surface area is 97.3 Å². The van der Waals surface area contributed by atoms with Crippen LogP contribution in [0.4, 0.5) is 0 Å². The number of nitrogens with two attached hydrogens (primary N) is 1. The van der Waals surface area contributed by atoms with Crippen molar-refractivity contribution in [2.24, 2.45) is 5.73 Å². The summed E-state index contributed by atoms with van der Waals surface area (Å²) < 4.78 is 1.98. The number of nitrogens with zero attached hydrogens (tertiary/aromatic N) is 2. The second-order valence-corrected chi connectivity index (χ2v) is 4.62. The summed E-state index contributed by atoms with van der Waals surface area (Å²) in [4.78, 5) is 0. The Morgan fingerprint density at radius 1 is 1.50 bits per heavy atom. The molecule has 3 nitrogen and oxygen atoms in total. The van der Waals surface area contributed by atoms with Gasteiger partial charge in [0.2, 0.25) is 0 Å². The van der Waals surface area contributed by atoms with Gasteiger partial charge in [0.25, 0.3) is 0 Å². The Balaban J connectivity index is 2.02. The van der Waals surface area contributed by atoms with Crippen molar-refractivity contribution in [1.82, 2.24) is 9.78 Å². The lowest BCUT2D eigenvalue weighted by molar-refractivity contribution is 0.654. The molecule has 1 heterocycles. The van der Waals surface area contributed by atoms with Gasteiger partial charge in [-0.3, -0.25) is 4.68 Å². The van der Waals surface area contributed by atoms with E-state index in [1.165, 1.54) is 30.4 Å². The Hall–Kier alpha value is -1.09. The molecule has 1 aliphatic rings. The summed E-state index contributed by atoms with van der Waals surface area (Å²) in [6.45, 7) is 3.05. The van der Waals surface area contributed by atoms with Crippen molar-refractivity contribution in [2.75, 3.05) is 0 Å². The zero-order valence-corrected chi connectivity index (χ0v) is 10.0. The highest BCUT2D eigenvalue weighted by Crippen LogP contribution is 2.20. The van der Waals surface area contributed by atoms with E-state index in [-0.39, 0.29) is 6.04 Å². The van der Waals surface area contributed by atoms with Crippen molar-refractivity contribution in [3.63, 3.8) is 0 Å². The molecule has 0 amide bonds. The topological polar surface area (TPSA) is 43.8 Å². The van der Waals surface area contributed by atoms with Crippen molar-refractivity contribution in [1.29, 1.82) is 0 Å². The summed E-state index contributed by atoms with van der Waals surface area (Å²) in [6, 6.07) is 0.263. The minimum Gasteiger partial charge on any atom is -0.324 e. The average Bonchev–Trinajstić information content (AvgIpc) is 2.62. The molecule has 88 valence electrons. The van der Waals surface area contributed by atoms with Crippen LogP contribution in [-0.2, 0) is 13.0 Å². The molecular formula is C13H21N3. The highest BCUT2D eigenvalue weighted by Gasteiger charge is 2.09. The van der Waals surface area contributed by atoms with Crippen molar-refractivity contribution >= 4 is 0 Å². The number of allylic oxidation sites excluding steroid dienone is 1. The molecule has 2 rings (SSSR count). The maximum Gasteiger partial charge on any atom is 0.0525 e. The molecule has 0 fully saturated rings. The number of aryl methyl sites for hydroxylation is 1. The maximum absolute atomic E-state index is 6.01. The lowest BCUT2D eigenvalue weighted by Gasteiger charge is -2.04. The highest BCUT2D eigenvalue weighted by molar-refractivity contribution is 5.19. The Bertz CT molecular complexity index is 365. The smallest absolute Gasteiger partial charge is 0.0525 e. The molecule has 0 saturated carbocycles. The van der Waals surface area contributed by atoms with E-state index in [0.717, 1.165) is 19.4 Å². The van der Waals surface area contributed by atoms with Gasteiger partial charge in [-0.15, -0.1) is 0 Å². The third-order valence-corrected chi connectivity index (χ3v) is 3.18. The minimum absolute atomic E-state index is 0.263. The molecule has 0 saturated heterocycles. The van der Waals surface area contributed by atoms with Gasteiger partial charge in [-0.25, -0.2) is 0 Å². The molecule has 1 atom stereocenters. The quantitative estimate of drug-likeness (QED) is 0.793. The summed E-state index contributed by atoms with van der Waals surface area (Å²) >= 11 is 0. The summed E-state index contributed by atoms with van der Waals surface area (Å²) in [5, 5.41) is 4.30. The molecule has 16 heavy (non-hydrogen) atoms. The molecule has 0 aromatic carbocycles. The van der Waals surface area contributed by atoms with Crippen LogP contribution in [0.5, 0.6) is 0 Å². The van der Waals surface area contributed by atoms with Gasteiger partial charge in [0.1, 0.15) is 0 Å². The highest BCUT2D eigenvalue weighted by atomic mass is 15.3. The third-order valence-electron chi connectivity index (χ3n) is 3.18. The van der Waals surface area contributed by atoms with Crippen LogP contribution in [0, 0.1) is 0 Å². The predicted octanol–water partition coefficient (Wildman–Crippen LogP) is 2.27. The predicted molar refractivity (Wildman–Crippen MR) is 66.1 cm³/mol. The van der Waals surface area contributed by atoms with E-state index in [0.29, 0.717) is 0 Å². The van der Waals surface area contributed by atoms with Gasteiger partial charge in [-0.1, -0.05) is 18.1 Å². The normalized spacial score (nSPS) is 21.6. The van der Waals surface area contributed by atoms with Gasteiger partial charge in [-0.2, -0.15) is 5.10 Å². The van der Waals surface area contributed by atoms with E-state index in [4.69, 9.17) is 5.73 Å². The number of hydrogen-bond acceptors (Lipinski definition) is 2. The molecule has 2 N–H and O–H groups in total.